The fraction of sp³-hybridized carbons (Fsp3) is 0.455. The summed E-state index contributed by atoms with van der Waals surface area (Å²) >= 11 is 6.65. The number of rotatable bonds is 7. The number of benzene rings is 2. The van der Waals surface area contributed by atoms with Gasteiger partial charge in [-0.25, -0.2) is 9.37 Å². The Balaban J connectivity index is 1.17. The van der Waals surface area contributed by atoms with Gasteiger partial charge in [-0.15, -0.1) is 0 Å². The molecule has 3 aliphatic heterocycles. The number of halogens is 2. The highest BCUT2D eigenvalue weighted by molar-refractivity contribution is 6.36. The fourth-order valence-electron chi connectivity index (χ4n) is 7.28. The Morgan fingerprint density at radius 2 is 1.90 bits per heavy atom. The molecule has 4 aliphatic rings. The molecule has 3 atom stereocenters. The smallest absolute Gasteiger partial charge is 0.216 e. The van der Waals surface area contributed by atoms with Gasteiger partial charge in [0.25, 0.3) is 0 Å². The van der Waals surface area contributed by atoms with Gasteiger partial charge in [-0.05, 0) is 67.3 Å². The van der Waals surface area contributed by atoms with Crippen LogP contribution in [-0.2, 0) is 0 Å². The highest BCUT2D eigenvalue weighted by Gasteiger charge is 2.46. The fourth-order valence-corrected chi connectivity index (χ4v) is 7.56. The Labute approximate surface area is 249 Å². The summed E-state index contributed by atoms with van der Waals surface area (Å²) in [4.78, 5) is 14.6. The molecule has 7 nitrogen and oxygen atoms in total. The lowest BCUT2D eigenvalue weighted by molar-refractivity contribution is 0.169. The molecule has 2 N–H and O–H groups in total. The molecule has 2 aromatic carbocycles. The first-order chi connectivity index (χ1) is 20.4. The predicted molar refractivity (Wildman–Crippen MR) is 164 cm³/mol. The van der Waals surface area contributed by atoms with Crippen LogP contribution in [-0.4, -0.2) is 77.6 Å². The molecule has 4 aromatic rings. The number of phenolic OH excluding ortho intramolecular Hbond substituents is 1. The Morgan fingerprint density at radius 3 is 2.67 bits per heavy atom. The molecule has 0 radical (unpaired) electrons. The van der Waals surface area contributed by atoms with Crippen LogP contribution in [0.25, 0.3) is 32.9 Å². The van der Waals surface area contributed by atoms with Crippen molar-refractivity contribution in [3.63, 3.8) is 0 Å². The van der Waals surface area contributed by atoms with E-state index in [1.807, 2.05) is 30.5 Å². The number of piperazine rings is 1. The van der Waals surface area contributed by atoms with E-state index in [1.54, 1.807) is 12.1 Å². The summed E-state index contributed by atoms with van der Waals surface area (Å²) in [5, 5.41) is 16.6. The Hall–Kier alpha value is -3.20. The van der Waals surface area contributed by atoms with Crippen molar-refractivity contribution in [3.05, 3.63) is 53.7 Å². The molecule has 2 unspecified atom stereocenters. The number of fused-ring (bicyclic) bond motifs is 4. The van der Waals surface area contributed by atoms with E-state index in [-0.39, 0.29) is 11.2 Å². The number of anilines is 1. The molecular weight excluding hydrogens is 553 g/mol. The number of pyridine rings is 2. The molecule has 0 spiro atoms. The maximum absolute atomic E-state index is 13.8. The third-order valence-electron chi connectivity index (χ3n) is 9.64. The molecule has 5 heterocycles. The second-order valence-electron chi connectivity index (χ2n) is 12.9. The lowest BCUT2D eigenvalue weighted by Gasteiger charge is -2.35. The minimum Gasteiger partial charge on any atom is -0.508 e. The van der Waals surface area contributed by atoms with Crippen molar-refractivity contribution < 1.29 is 14.2 Å². The minimum absolute atomic E-state index is 0.0757. The average Bonchev–Trinajstić information content (AvgIpc) is 3.50. The molecule has 8 rings (SSSR count). The summed E-state index contributed by atoms with van der Waals surface area (Å²) in [6, 6.07) is 14.2. The Morgan fingerprint density at radius 1 is 1.07 bits per heavy atom. The van der Waals surface area contributed by atoms with Crippen molar-refractivity contribution in [1.29, 1.82) is 0 Å². The molecule has 2 aromatic heterocycles. The number of alkyl halides is 1. The molecule has 2 bridgehead atoms. The first kappa shape index (κ1) is 26.4. The third kappa shape index (κ3) is 4.93. The Kier molecular flexibility index (Phi) is 6.43. The van der Waals surface area contributed by atoms with Crippen LogP contribution in [0.1, 0.15) is 32.1 Å². The molecule has 1 saturated carbocycles. The van der Waals surface area contributed by atoms with Crippen LogP contribution in [0.3, 0.4) is 0 Å². The van der Waals surface area contributed by atoms with Gasteiger partial charge in [0.1, 0.15) is 17.4 Å². The van der Waals surface area contributed by atoms with E-state index in [0.717, 1.165) is 77.6 Å². The summed E-state index contributed by atoms with van der Waals surface area (Å²) < 4.78 is 20.3. The second kappa shape index (κ2) is 10.2. The first-order valence-electron chi connectivity index (χ1n) is 15.1. The van der Waals surface area contributed by atoms with Gasteiger partial charge in [-0.2, -0.15) is 0 Å². The van der Waals surface area contributed by atoms with Gasteiger partial charge in [0, 0.05) is 78.5 Å². The topological polar surface area (TPSA) is 73.8 Å². The van der Waals surface area contributed by atoms with Gasteiger partial charge in [0.05, 0.1) is 17.8 Å². The lowest BCUT2D eigenvalue weighted by atomic mass is 9.98. The molecular formula is C33H35ClFN5O2. The van der Waals surface area contributed by atoms with Gasteiger partial charge in [0.15, 0.2) is 0 Å². The average molecular weight is 588 g/mol. The number of nitrogens with zero attached hydrogens (tertiary/aromatic N) is 4. The standard InChI is InChI=1S/C33H35ClFN5O2/c34-27-3-1-2-20-10-25(41)12-26(31(20)27)21-11-28-32(36-14-21)29(40-16-23-4-5-24(17-40)37-23)13-30(38-28)42-19-33(7-8-33)18-39-9-6-22(35)15-39/h1-3,10-14,22-24,37,41H,4-9,15-19H2/t22-,23?,24?/m1/s1. The van der Waals surface area contributed by atoms with Crippen LogP contribution in [0.5, 0.6) is 11.6 Å². The van der Waals surface area contributed by atoms with Gasteiger partial charge in [-0.3, -0.25) is 9.88 Å². The first-order valence-corrected chi connectivity index (χ1v) is 15.5. The van der Waals surface area contributed by atoms with E-state index < -0.39 is 6.17 Å². The van der Waals surface area contributed by atoms with Gasteiger partial charge in [-0.1, -0.05) is 23.7 Å². The monoisotopic (exact) mass is 587 g/mol. The lowest BCUT2D eigenvalue weighted by Crippen LogP contribution is -2.51. The molecule has 9 heteroatoms. The highest BCUT2D eigenvalue weighted by atomic mass is 35.5. The molecule has 0 amide bonds. The van der Waals surface area contributed by atoms with E-state index in [9.17, 15) is 9.50 Å². The van der Waals surface area contributed by atoms with Crippen LogP contribution in [0.4, 0.5) is 10.1 Å². The van der Waals surface area contributed by atoms with Gasteiger partial charge in [0.2, 0.25) is 5.88 Å². The number of nitrogens with one attached hydrogen (secondary N) is 1. The predicted octanol–water partition coefficient (Wildman–Crippen LogP) is 5.95. The molecule has 218 valence electrons. The van der Waals surface area contributed by atoms with Gasteiger partial charge >= 0.3 is 0 Å². The molecule has 1 aliphatic carbocycles. The summed E-state index contributed by atoms with van der Waals surface area (Å²) in [5.41, 5.74) is 4.36. The number of aromatic nitrogens is 2. The summed E-state index contributed by atoms with van der Waals surface area (Å²) in [6.45, 7) is 4.67. The number of ether oxygens (including phenoxy) is 1. The Bertz CT molecular complexity index is 1670. The van der Waals surface area contributed by atoms with Crippen LogP contribution in [0.15, 0.2) is 48.7 Å². The number of phenols is 1. The molecule has 3 saturated heterocycles. The van der Waals surface area contributed by atoms with Crippen molar-refractivity contribution >= 4 is 39.1 Å². The summed E-state index contributed by atoms with van der Waals surface area (Å²) in [7, 11) is 0. The maximum Gasteiger partial charge on any atom is 0.216 e. The van der Waals surface area contributed by atoms with Crippen molar-refractivity contribution in [2.45, 2.75) is 50.4 Å². The minimum atomic E-state index is -0.707. The van der Waals surface area contributed by atoms with Crippen molar-refractivity contribution in [2.75, 3.05) is 44.2 Å². The van der Waals surface area contributed by atoms with E-state index >= 15 is 0 Å². The second-order valence-corrected chi connectivity index (χ2v) is 13.3. The van der Waals surface area contributed by atoms with Crippen LogP contribution in [0.2, 0.25) is 5.02 Å². The normalized spacial score (nSPS) is 25.0. The molecule has 4 fully saturated rings. The number of hydrogen-bond donors (Lipinski definition) is 2. The zero-order valence-electron chi connectivity index (χ0n) is 23.5. The van der Waals surface area contributed by atoms with Crippen molar-refractivity contribution in [3.8, 4) is 22.8 Å². The van der Waals surface area contributed by atoms with E-state index in [0.29, 0.717) is 42.6 Å². The maximum atomic E-state index is 13.8. The quantitative estimate of drug-likeness (QED) is 0.277. The highest BCUT2D eigenvalue weighted by Crippen LogP contribution is 2.47. The zero-order valence-corrected chi connectivity index (χ0v) is 24.3. The SMILES string of the molecule is Oc1cc(-c2cnc3c(N4CC5CCC(C4)N5)cc(OCC4(CN5CC[C@@H](F)C5)CC4)nc3c2)c2c(Cl)cccc2c1. The summed E-state index contributed by atoms with van der Waals surface area (Å²) in [5.74, 6) is 0.769. The van der Waals surface area contributed by atoms with E-state index in [2.05, 4.69) is 21.2 Å². The third-order valence-corrected chi connectivity index (χ3v) is 9.95. The van der Waals surface area contributed by atoms with Crippen LogP contribution >= 0.6 is 11.6 Å². The van der Waals surface area contributed by atoms with E-state index in [4.69, 9.17) is 26.3 Å². The van der Waals surface area contributed by atoms with Crippen LogP contribution < -0.4 is 15.0 Å². The summed E-state index contributed by atoms with van der Waals surface area (Å²) in [6.07, 6.45) is 6.35. The van der Waals surface area contributed by atoms with Crippen LogP contribution in [0, 0.1) is 5.41 Å². The number of likely N-dealkylation sites (tertiary alicyclic amines) is 1. The zero-order chi connectivity index (χ0) is 28.4. The largest absolute Gasteiger partial charge is 0.508 e. The number of hydrogen-bond acceptors (Lipinski definition) is 7. The van der Waals surface area contributed by atoms with Crippen molar-refractivity contribution in [2.24, 2.45) is 5.41 Å². The van der Waals surface area contributed by atoms with Crippen molar-refractivity contribution in [1.82, 2.24) is 20.2 Å². The van der Waals surface area contributed by atoms with E-state index in [1.165, 1.54) is 12.8 Å². The molecule has 42 heavy (non-hydrogen) atoms. The number of aromatic hydroxyl groups is 1. The van der Waals surface area contributed by atoms with Gasteiger partial charge < -0.3 is 20.1 Å².